The summed E-state index contributed by atoms with van der Waals surface area (Å²) in [4.78, 5) is 23.6. The van der Waals surface area contributed by atoms with Gasteiger partial charge in [-0.05, 0) is 24.6 Å². The number of ether oxygens (including phenoxy) is 1. The highest BCUT2D eigenvalue weighted by atomic mass is 32.2. The molecule has 0 aromatic heterocycles. The minimum absolute atomic E-state index is 0.0614. The van der Waals surface area contributed by atoms with E-state index in [1.165, 1.54) is 6.07 Å². The van der Waals surface area contributed by atoms with E-state index in [1.807, 2.05) is 0 Å². The number of Topliss-reactive ketones (excluding diaryl/α,β-unsaturated/α-hetero) is 1. The Balaban J connectivity index is 1.95. The number of carbonyl (C=O) groups excluding carboxylic acids is 2. The van der Waals surface area contributed by atoms with Gasteiger partial charge in [0.05, 0.1) is 17.1 Å². The molecular formula is C15H18FNO5S. The fraction of sp³-hybridized carbons (Fsp3) is 0.467. The Bertz CT molecular complexity index is 717. The zero-order valence-electron chi connectivity index (χ0n) is 12.7. The first-order valence-corrected chi connectivity index (χ1v) is 9.08. The molecule has 23 heavy (non-hydrogen) atoms. The van der Waals surface area contributed by atoms with Crippen molar-refractivity contribution in [3.63, 3.8) is 0 Å². The fourth-order valence-electron chi connectivity index (χ4n) is 2.36. The molecule has 1 aromatic rings. The fourth-order valence-corrected chi connectivity index (χ4v) is 4.03. The number of hydrogen-bond donors (Lipinski definition) is 1. The molecule has 1 amide bonds. The lowest BCUT2D eigenvalue weighted by Gasteiger charge is -2.13. The molecule has 1 aliphatic heterocycles. The molecule has 2 rings (SSSR count). The van der Waals surface area contributed by atoms with E-state index >= 15 is 0 Å². The second kappa shape index (κ2) is 7.08. The van der Waals surface area contributed by atoms with Crippen LogP contribution >= 0.6 is 0 Å². The molecule has 0 radical (unpaired) electrons. The summed E-state index contributed by atoms with van der Waals surface area (Å²) < 4.78 is 41.2. The van der Waals surface area contributed by atoms with Crippen LogP contribution in [0.2, 0.25) is 0 Å². The summed E-state index contributed by atoms with van der Waals surface area (Å²) in [6.07, 6.45) is 0.566. The molecule has 0 saturated carbocycles. The van der Waals surface area contributed by atoms with E-state index in [2.05, 4.69) is 5.32 Å². The van der Waals surface area contributed by atoms with E-state index in [9.17, 15) is 22.4 Å². The number of carbonyl (C=O) groups is 2. The summed E-state index contributed by atoms with van der Waals surface area (Å²) in [6, 6.07) is 3.10. The van der Waals surface area contributed by atoms with Crippen LogP contribution in [0.25, 0.3) is 0 Å². The number of hydrogen-bond acceptors (Lipinski definition) is 5. The van der Waals surface area contributed by atoms with Gasteiger partial charge in [0.1, 0.15) is 11.6 Å². The minimum atomic E-state index is -3.08. The first kappa shape index (κ1) is 17.4. The number of nitrogens with one attached hydrogen (secondary N) is 1. The second-order valence-corrected chi connectivity index (χ2v) is 7.60. The minimum Gasteiger partial charge on any atom is -0.483 e. The van der Waals surface area contributed by atoms with Crippen molar-refractivity contribution in [1.29, 1.82) is 0 Å². The molecule has 8 heteroatoms. The number of sulfone groups is 1. The molecule has 1 heterocycles. The average Bonchev–Trinajstić information content (AvgIpc) is 2.83. The third-order valence-electron chi connectivity index (χ3n) is 3.52. The van der Waals surface area contributed by atoms with Gasteiger partial charge in [-0.2, -0.15) is 0 Å². The predicted octanol–water partition coefficient (Wildman–Crippen LogP) is 1.10. The molecule has 0 aliphatic carbocycles. The van der Waals surface area contributed by atoms with Crippen LogP contribution in [0.5, 0.6) is 5.75 Å². The highest BCUT2D eigenvalue weighted by Crippen LogP contribution is 2.21. The van der Waals surface area contributed by atoms with Gasteiger partial charge in [0.25, 0.3) is 5.91 Å². The van der Waals surface area contributed by atoms with Crippen LogP contribution in [0, 0.1) is 5.82 Å². The Morgan fingerprint density at radius 1 is 1.39 bits per heavy atom. The summed E-state index contributed by atoms with van der Waals surface area (Å²) >= 11 is 0. The van der Waals surface area contributed by atoms with Gasteiger partial charge >= 0.3 is 0 Å². The topological polar surface area (TPSA) is 89.5 Å². The van der Waals surface area contributed by atoms with Gasteiger partial charge in [-0.3, -0.25) is 9.59 Å². The van der Waals surface area contributed by atoms with Crippen molar-refractivity contribution in [3.8, 4) is 5.75 Å². The van der Waals surface area contributed by atoms with Crippen molar-refractivity contribution in [2.75, 3.05) is 18.1 Å². The number of rotatable bonds is 6. The number of ketones is 1. The van der Waals surface area contributed by atoms with Crippen LogP contribution in [-0.4, -0.2) is 44.3 Å². The summed E-state index contributed by atoms with van der Waals surface area (Å²) in [5, 5.41) is 2.58. The van der Waals surface area contributed by atoms with Crippen LogP contribution in [0.4, 0.5) is 4.39 Å². The van der Waals surface area contributed by atoms with Crippen LogP contribution in [0.1, 0.15) is 30.1 Å². The molecular weight excluding hydrogens is 325 g/mol. The highest BCUT2D eigenvalue weighted by Gasteiger charge is 2.29. The maximum atomic E-state index is 13.2. The molecule has 1 fully saturated rings. The van der Waals surface area contributed by atoms with E-state index in [4.69, 9.17) is 4.74 Å². The van der Waals surface area contributed by atoms with Crippen molar-refractivity contribution in [2.45, 2.75) is 25.8 Å². The largest absolute Gasteiger partial charge is 0.483 e. The summed E-state index contributed by atoms with van der Waals surface area (Å²) in [5.74, 6) is -1.21. The highest BCUT2D eigenvalue weighted by molar-refractivity contribution is 7.91. The predicted molar refractivity (Wildman–Crippen MR) is 81.7 cm³/mol. The molecule has 6 nitrogen and oxygen atoms in total. The lowest BCUT2D eigenvalue weighted by molar-refractivity contribution is -0.123. The Hall–Kier alpha value is -1.96. The molecule has 1 saturated heterocycles. The third-order valence-corrected chi connectivity index (χ3v) is 5.29. The molecule has 1 N–H and O–H groups in total. The van der Waals surface area contributed by atoms with Crippen molar-refractivity contribution >= 4 is 21.5 Å². The summed E-state index contributed by atoms with van der Waals surface area (Å²) in [5.41, 5.74) is 0.0868. The van der Waals surface area contributed by atoms with Gasteiger partial charge in [-0.1, -0.05) is 6.92 Å². The van der Waals surface area contributed by atoms with Gasteiger partial charge in [0.2, 0.25) is 0 Å². The Morgan fingerprint density at radius 3 is 2.74 bits per heavy atom. The first-order valence-electron chi connectivity index (χ1n) is 7.26. The maximum Gasteiger partial charge on any atom is 0.258 e. The normalized spacial score (nSPS) is 19.3. The van der Waals surface area contributed by atoms with Gasteiger partial charge in [-0.15, -0.1) is 0 Å². The zero-order valence-corrected chi connectivity index (χ0v) is 13.5. The van der Waals surface area contributed by atoms with Crippen molar-refractivity contribution in [1.82, 2.24) is 5.32 Å². The van der Waals surface area contributed by atoms with E-state index in [1.54, 1.807) is 6.92 Å². The van der Waals surface area contributed by atoms with Crippen LogP contribution in [0.15, 0.2) is 18.2 Å². The molecule has 126 valence electrons. The first-order chi connectivity index (χ1) is 10.8. The lowest BCUT2D eigenvalue weighted by Crippen LogP contribution is -2.38. The molecule has 1 aromatic carbocycles. The van der Waals surface area contributed by atoms with Crippen LogP contribution in [0.3, 0.4) is 0 Å². The molecule has 0 bridgehead atoms. The van der Waals surface area contributed by atoms with E-state index in [0.29, 0.717) is 6.42 Å². The molecule has 0 spiro atoms. The number of amides is 1. The second-order valence-electron chi connectivity index (χ2n) is 5.37. The number of halogens is 1. The van der Waals surface area contributed by atoms with E-state index < -0.39 is 27.6 Å². The molecule has 1 atom stereocenters. The van der Waals surface area contributed by atoms with Crippen LogP contribution in [-0.2, 0) is 14.6 Å². The van der Waals surface area contributed by atoms with Gasteiger partial charge in [-0.25, -0.2) is 12.8 Å². The molecule has 1 unspecified atom stereocenters. The third kappa shape index (κ3) is 4.75. The Labute approximate surface area is 133 Å². The smallest absolute Gasteiger partial charge is 0.258 e. The Kier molecular flexibility index (Phi) is 5.35. The lowest BCUT2D eigenvalue weighted by atomic mass is 10.1. The monoisotopic (exact) mass is 343 g/mol. The standard InChI is InChI=1S/C15H18FNO5S/c1-2-13(18)12-7-10(16)3-4-14(12)22-8-15(19)17-11-5-6-23(20,21)9-11/h3-4,7,11H,2,5-6,8-9H2,1H3,(H,17,19). The van der Waals surface area contributed by atoms with Crippen molar-refractivity contribution in [3.05, 3.63) is 29.6 Å². The summed E-state index contributed by atoms with van der Waals surface area (Å²) in [7, 11) is -3.08. The van der Waals surface area contributed by atoms with Gasteiger partial charge in [0.15, 0.2) is 22.2 Å². The van der Waals surface area contributed by atoms with Gasteiger partial charge in [0, 0.05) is 12.5 Å². The Morgan fingerprint density at radius 2 is 2.13 bits per heavy atom. The van der Waals surface area contributed by atoms with E-state index in [0.717, 1.165) is 12.1 Å². The SMILES string of the molecule is CCC(=O)c1cc(F)ccc1OCC(=O)NC1CCS(=O)(=O)C1. The van der Waals surface area contributed by atoms with Gasteiger partial charge < -0.3 is 10.1 Å². The summed E-state index contributed by atoms with van der Waals surface area (Å²) in [6.45, 7) is 1.27. The quantitative estimate of drug-likeness (QED) is 0.781. The molecule has 1 aliphatic rings. The maximum absolute atomic E-state index is 13.2. The average molecular weight is 343 g/mol. The number of benzene rings is 1. The van der Waals surface area contributed by atoms with Crippen molar-refractivity contribution in [2.24, 2.45) is 0 Å². The van der Waals surface area contributed by atoms with Crippen LogP contribution < -0.4 is 10.1 Å². The zero-order chi connectivity index (χ0) is 17.0. The van der Waals surface area contributed by atoms with E-state index in [-0.39, 0.29) is 41.6 Å². The van der Waals surface area contributed by atoms with Crippen molar-refractivity contribution < 1.29 is 27.1 Å².